The monoisotopic (exact) mass is 841 g/mol. The number of carbonyl (C=O) groups is 2. The molecule has 2 amide bonds. The lowest BCUT2D eigenvalue weighted by atomic mass is 9.93. The normalized spacial score (nSPS) is 20.7. The summed E-state index contributed by atoms with van der Waals surface area (Å²) in [6.45, 7) is 9.46. The molecule has 62 heavy (non-hydrogen) atoms. The number of nitrogens with zero attached hydrogens (tertiary/aromatic N) is 9. The van der Waals surface area contributed by atoms with Gasteiger partial charge in [0.1, 0.15) is 23.0 Å². The first kappa shape index (κ1) is 41.3. The molecular formula is C45H55N13O4. The summed E-state index contributed by atoms with van der Waals surface area (Å²) in [5.41, 5.74) is 4.32. The van der Waals surface area contributed by atoms with Crippen LogP contribution in [-0.4, -0.2) is 128 Å². The molecule has 4 aliphatic heterocycles. The molecule has 5 aromatic rings. The molecule has 17 nitrogen and oxygen atoms in total. The lowest BCUT2D eigenvalue weighted by Gasteiger charge is -2.42. The number of pyridine rings is 3. The molecule has 2 unspecified atom stereocenters. The molecule has 4 N–H and O–H groups in total. The van der Waals surface area contributed by atoms with E-state index in [0.29, 0.717) is 45.9 Å². The molecule has 0 bridgehead atoms. The molecule has 9 rings (SSSR count). The van der Waals surface area contributed by atoms with Gasteiger partial charge in [0.15, 0.2) is 5.65 Å². The van der Waals surface area contributed by atoms with Crippen molar-refractivity contribution in [1.29, 1.82) is 0 Å². The van der Waals surface area contributed by atoms with E-state index in [1.54, 1.807) is 43.8 Å². The summed E-state index contributed by atoms with van der Waals surface area (Å²) in [7, 11) is 1.60. The van der Waals surface area contributed by atoms with E-state index < -0.39 is 0 Å². The van der Waals surface area contributed by atoms with Gasteiger partial charge in [0.2, 0.25) is 0 Å². The Bertz CT molecular complexity index is 2510. The van der Waals surface area contributed by atoms with Gasteiger partial charge in [-0.25, -0.2) is 24.9 Å². The number of anilines is 2. The van der Waals surface area contributed by atoms with Gasteiger partial charge < -0.3 is 30.4 Å². The first-order valence-corrected chi connectivity index (χ1v) is 22.0. The van der Waals surface area contributed by atoms with Gasteiger partial charge in [-0.2, -0.15) is 0 Å². The molecule has 0 aliphatic carbocycles. The molecule has 9 heterocycles. The number of aryl methyl sites for hydroxylation is 1. The average Bonchev–Trinajstić information content (AvgIpc) is 3.81. The van der Waals surface area contributed by atoms with Crippen molar-refractivity contribution >= 4 is 34.2 Å². The molecule has 0 spiro atoms. The van der Waals surface area contributed by atoms with Gasteiger partial charge in [0.25, 0.3) is 22.9 Å². The highest BCUT2D eigenvalue weighted by atomic mass is 16.2. The molecule has 0 aromatic carbocycles. The second-order valence-electron chi connectivity index (χ2n) is 17.3. The zero-order valence-corrected chi connectivity index (χ0v) is 35.5. The van der Waals surface area contributed by atoms with Crippen molar-refractivity contribution in [2.45, 2.75) is 82.3 Å². The molecule has 0 saturated carbocycles. The van der Waals surface area contributed by atoms with Gasteiger partial charge in [-0.1, -0.05) is 0 Å². The average molecular weight is 842 g/mol. The highest BCUT2D eigenvalue weighted by Crippen LogP contribution is 2.32. The molecule has 5 aromatic heterocycles. The molecular weight excluding hydrogens is 787 g/mol. The first-order chi connectivity index (χ1) is 30.2. The predicted molar refractivity (Wildman–Crippen MR) is 236 cm³/mol. The Hall–Kier alpha value is -6.07. The van der Waals surface area contributed by atoms with Crippen LogP contribution in [0.4, 0.5) is 11.4 Å². The van der Waals surface area contributed by atoms with Gasteiger partial charge >= 0.3 is 0 Å². The standard InChI is InChI=1S/C45H55N13O4/c1-28-20-39(59)52-40(51-28)31-9-15-58(27-31)33-12-18-56(19-13-33)35-6-8-38(48-25-35)45(62)50-23-29-21-36-42(49-22-29)53-41(54-43(36)60)30-4-3-14-57(26-30)32-10-16-55(17-11-32)34-5-7-37(47-24-34)44(61)46-2/h5-8,20-22,24-25,30-33H,3-4,9-19,23,26-27H2,1-2H3,(H,46,61)(H,50,62)(H,51,52,59)(H,49,53,54,60). The van der Waals surface area contributed by atoms with Gasteiger partial charge in [0, 0.05) is 94.7 Å². The van der Waals surface area contributed by atoms with Crippen LogP contribution >= 0.6 is 0 Å². The zero-order valence-electron chi connectivity index (χ0n) is 35.5. The second kappa shape index (κ2) is 18.1. The summed E-state index contributed by atoms with van der Waals surface area (Å²) in [5, 5.41) is 5.94. The van der Waals surface area contributed by atoms with Crippen molar-refractivity contribution in [3.05, 3.63) is 110 Å². The van der Waals surface area contributed by atoms with Crippen LogP contribution in [0.1, 0.15) is 101 Å². The molecule has 4 saturated heterocycles. The second-order valence-corrected chi connectivity index (χ2v) is 17.3. The summed E-state index contributed by atoms with van der Waals surface area (Å²) >= 11 is 0. The number of piperidine rings is 3. The molecule has 17 heteroatoms. The molecule has 4 fully saturated rings. The van der Waals surface area contributed by atoms with E-state index >= 15 is 0 Å². The molecule has 2 atom stereocenters. The Morgan fingerprint density at radius 1 is 0.694 bits per heavy atom. The van der Waals surface area contributed by atoms with Crippen molar-refractivity contribution in [1.82, 2.24) is 55.3 Å². The van der Waals surface area contributed by atoms with Crippen molar-refractivity contribution in [3.63, 3.8) is 0 Å². The van der Waals surface area contributed by atoms with E-state index in [2.05, 4.69) is 60.1 Å². The first-order valence-electron chi connectivity index (χ1n) is 22.0. The van der Waals surface area contributed by atoms with E-state index in [4.69, 9.17) is 4.98 Å². The molecule has 324 valence electrons. The fourth-order valence-corrected chi connectivity index (χ4v) is 9.87. The van der Waals surface area contributed by atoms with Gasteiger partial charge in [-0.15, -0.1) is 0 Å². The van der Waals surface area contributed by atoms with Crippen molar-refractivity contribution in [2.24, 2.45) is 0 Å². The zero-order chi connectivity index (χ0) is 42.7. The van der Waals surface area contributed by atoms with Crippen LogP contribution in [0.15, 0.2) is 64.6 Å². The maximum Gasteiger partial charge on any atom is 0.270 e. The Kier molecular flexibility index (Phi) is 12.1. The number of amides is 2. The van der Waals surface area contributed by atoms with Crippen molar-refractivity contribution in [3.8, 4) is 0 Å². The number of likely N-dealkylation sites (tertiary alicyclic amines) is 2. The number of aromatic amines is 2. The summed E-state index contributed by atoms with van der Waals surface area (Å²) in [6, 6.07) is 11.7. The van der Waals surface area contributed by atoms with E-state index in [0.717, 1.165) is 120 Å². The van der Waals surface area contributed by atoms with E-state index in [1.807, 2.05) is 19.1 Å². The van der Waals surface area contributed by atoms with Crippen LogP contribution in [0.3, 0.4) is 0 Å². The maximum absolute atomic E-state index is 13.4. The van der Waals surface area contributed by atoms with E-state index in [-0.39, 0.29) is 41.3 Å². The van der Waals surface area contributed by atoms with Crippen LogP contribution < -0.4 is 31.6 Å². The number of hydrogen-bond donors (Lipinski definition) is 4. The Morgan fingerprint density at radius 2 is 1.31 bits per heavy atom. The van der Waals surface area contributed by atoms with E-state index in [9.17, 15) is 19.2 Å². The highest BCUT2D eigenvalue weighted by Gasteiger charge is 2.33. The van der Waals surface area contributed by atoms with Crippen LogP contribution in [0.5, 0.6) is 0 Å². The highest BCUT2D eigenvalue weighted by molar-refractivity contribution is 5.92. The minimum absolute atomic E-state index is 0.0840. The Labute approximate surface area is 359 Å². The quantitative estimate of drug-likeness (QED) is 0.160. The SMILES string of the molecule is CNC(=O)c1ccc(N2CCC(N3CCCC(c4nc5ncc(CNC(=O)c6ccc(N7CCC(N8CCC(c9nc(C)cc(=O)[nH]9)C8)CC7)cn6)cc5c(=O)[nH]4)C3)CC2)cn1. The fourth-order valence-electron chi connectivity index (χ4n) is 9.87. The van der Waals surface area contributed by atoms with Crippen molar-refractivity contribution in [2.75, 3.05) is 69.2 Å². The third-order valence-electron chi connectivity index (χ3n) is 13.3. The van der Waals surface area contributed by atoms with Gasteiger partial charge in [-0.3, -0.25) is 29.0 Å². The number of H-pyrrole nitrogens is 2. The Balaban J connectivity index is 0.744. The number of hydrogen-bond acceptors (Lipinski definition) is 13. The van der Waals surface area contributed by atoms with Gasteiger partial charge in [0.05, 0.1) is 29.2 Å². The minimum Gasteiger partial charge on any atom is -0.370 e. The number of nitrogens with one attached hydrogen (secondary N) is 4. The number of rotatable bonds is 10. The lowest BCUT2D eigenvalue weighted by molar-refractivity contribution is 0.0942. The van der Waals surface area contributed by atoms with Crippen LogP contribution in [0.2, 0.25) is 0 Å². The molecule has 0 radical (unpaired) electrons. The largest absolute Gasteiger partial charge is 0.370 e. The summed E-state index contributed by atoms with van der Waals surface area (Å²) < 4.78 is 0. The fraction of sp³-hybridized carbons (Fsp3) is 0.489. The van der Waals surface area contributed by atoms with Crippen LogP contribution in [0.25, 0.3) is 11.0 Å². The van der Waals surface area contributed by atoms with Crippen LogP contribution in [-0.2, 0) is 6.54 Å². The predicted octanol–water partition coefficient (Wildman–Crippen LogP) is 3.10. The van der Waals surface area contributed by atoms with Crippen molar-refractivity contribution < 1.29 is 9.59 Å². The topological polar surface area (TPSA) is 201 Å². The number of fused-ring (bicyclic) bond motifs is 1. The summed E-state index contributed by atoms with van der Waals surface area (Å²) in [4.78, 5) is 89.0. The maximum atomic E-state index is 13.4. The summed E-state index contributed by atoms with van der Waals surface area (Å²) in [6.07, 6.45) is 12.3. The smallest absolute Gasteiger partial charge is 0.270 e. The third-order valence-corrected chi connectivity index (χ3v) is 13.3. The van der Waals surface area contributed by atoms with Gasteiger partial charge in [-0.05, 0) is 101 Å². The Morgan fingerprint density at radius 3 is 1.92 bits per heavy atom. The van der Waals surface area contributed by atoms with Crippen LogP contribution in [0, 0.1) is 6.92 Å². The van der Waals surface area contributed by atoms with E-state index in [1.165, 1.54) is 6.07 Å². The number of carbonyl (C=O) groups excluding carboxylic acids is 2. The third kappa shape index (κ3) is 9.09. The lowest BCUT2D eigenvalue weighted by Crippen LogP contribution is -2.48. The summed E-state index contributed by atoms with van der Waals surface area (Å²) in [5.74, 6) is 1.35. The number of aromatic nitrogens is 7. The minimum atomic E-state index is -0.299. The molecule has 4 aliphatic rings.